The van der Waals surface area contributed by atoms with Crippen LogP contribution in [0.4, 0.5) is 0 Å². The molecule has 1 unspecified atom stereocenters. The zero-order chi connectivity index (χ0) is 14.3. The van der Waals surface area contributed by atoms with Crippen LogP contribution >= 0.6 is 11.8 Å². The maximum Gasteiger partial charge on any atom is 0.254 e. The number of carbonyl (C=O) groups is 1. The van der Waals surface area contributed by atoms with Crippen molar-refractivity contribution in [3.05, 3.63) is 23.9 Å². The van der Waals surface area contributed by atoms with Crippen LogP contribution in [-0.2, 0) is 0 Å². The fourth-order valence-corrected chi connectivity index (χ4v) is 2.79. The molecule has 0 saturated carbocycles. The lowest BCUT2D eigenvalue weighted by Crippen LogP contribution is -2.33. The molecular formula is C15H24N2OS. The number of hydrogen-bond acceptors (Lipinski definition) is 3. The number of rotatable bonds is 7. The molecule has 0 radical (unpaired) electrons. The highest BCUT2D eigenvalue weighted by Crippen LogP contribution is 2.20. The minimum absolute atomic E-state index is 0.0140. The van der Waals surface area contributed by atoms with Crippen molar-refractivity contribution < 1.29 is 4.79 Å². The molecule has 0 spiro atoms. The summed E-state index contributed by atoms with van der Waals surface area (Å²) in [5.74, 6) is 1.55. The fraction of sp³-hybridized carbons (Fsp3) is 0.600. The molecule has 0 fully saturated rings. The van der Waals surface area contributed by atoms with Crippen LogP contribution in [0.2, 0.25) is 0 Å². The third kappa shape index (κ3) is 5.64. The van der Waals surface area contributed by atoms with Crippen molar-refractivity contribution in [2.45, 2.75) is 51.6 Å². The van der Waals surface area contributed by atoms with Crippen LogP contribution in [0.25, 0.3) is 0 Å². The summed E-state index contributed by atoms with van der Waals surface area (Å²) in [5, 5.41) is 3.88. The van der Waals surface area contributed by atoms with Crippen molar-refractivity contribution in [2.75, 3.05) is 5.75 Å². The number of amides is 1. The van der Waals surface area contributed by atoms with Crippen molar-refractivity contribution in [3.8, 4) is 0 Å². The molecule has 0 aromatic carbocycles. The molecule has 1 atom stereocenters. The number of nitrogens with zero attached hydrogens (tertiary/aromatic N) is 1. The fourth-order valence-electron chi connectivity index (χ4n) is 1.94. The van der Waals surface area contributed by atoms with Crippen LogP contribution in [0, 0.1) is 5.92 Å². The van der Waals surface area contributed by atoms with E-state index in [-0.39, 0.29) is 11.9 Å². The Balaban J connectivity index is 2.70. The maximum absolute atomic E-state index is 12.3. The summed E-state index contributed by atoms with van der Waals surface area (Å²) >= 11 is 1.64. The highest BCUT2D eigenvalue weighted by Gasteiger charge is 2.15. The molecule has 0 saturated heterocycles. The molecule has 1 aromatic heterocycles. The third-order valence-corrected chi connectivity index (χ3v) is 3.87. The molecule has 3 nitrogen and oxygen atoms in total. The van der Waals surface area contributed by atoms with Gasteiger partial charge in [0.1, 0.15) is 5.03 Å². The molecule has 1 rings (SSSR count). The molecular weight excluding hydrogens is 256 g/mol. The number of hydrogen-bond donors (Lipinski definition) is 1. The van der Waals surface area contributed by atoms with E-state index in [2.05, 4.69) is 31.1 Å². The summed E-state index contributed by atoms with van der Waals surface area (Å²) in [4.78, 5) is 16.6. The van der Waals surface area contributed by atoms with E-state index in [9.17, 15) is 4.79 Å². The maximum atomic E-state index is 12.3. The number of nitrogens with one attached hydrogen (secondary N) is 1. The largest absolute Gasteiger partial charge is 0.349 e. The van der Waals surface area contributed by atoms with Gasteiger partial charge in [-0.1, -0.05) is 20.8 Å². The van der Waals surface area contributed by atoms with Gasteiger partial charge in [0.25, 0.3) is 5.91 Å². The van der Waals surface area contributed by atoms with Gasteiger partial charge in [0.05, 0.1) is 5.56 Å². The first-order chi connectivity index (χ1) is 9.04. The monoisotopic (exact) mass is 280 g/mol. The van der Waals surface area contributed by atoms with E-state index >= 15 is 0 Å². The van der Waals surface area contributed by atoms with Crippen LogP contribution in [-0.4, -0.2) is 22.7 Å². The summed E-state index contributed by atoms with van der Waals surface area (Å²) in [7, 11) is 0. The molecule has 1 N–H and O–H groups in total. The normalized spacial score (nSPS) is 12.5. The minimum Gasteiger partial charge on any atom is -0.349 e. The second kappa shape index (κ2) is 8.20. The van der Waals surface area contributed by atoms with E-state index in [1.807, 2.05) is 19.1 Å². The molecule has 1 amide bonds. The van der Waals surface area contributed by atoms with E-state index < -0.39 is 0 Å². The third-order valence-electron chi connectivity index (χ3n) is 2.66. The summed E-state index contributed by atoms with van der Waals surface area (Å²) in [5.41, 5.74) is 0.691. The van der Waals surface area contributed by atoms with Gasteiger partial charge in [0.15, 0.2) is 0 Å². The van der Waals surface area contributed by atoms with Crippen LogP contribution in [0.1, 0.15) is 50.9 Å². The highest BCUT2D eigenvalue weighted by molar-refractivity contribution is 7.99. The molecule has 1 aromatic rings. The zero-order valence-corrected chi connectivity index (χ0v) is 13.1. The number of thioether (sulfide) groups is 1. The topological polar surface area (TPSA) is 42.0 Å². The molecule has 4 heteroatoms. The van der Waals surface area contributed by atoms with E-state index in [0.29, 0.717) is 11.5 Å². The van der Waals surface area contributed by atoms with Crippen LogP contribution in [0.5, 0.6) is 0 Å². The van der Waals surface area contributed by atoms with Crippen LogP contribution < -0.4 is 5.32 Å². The molecule has 0 aliphatic heterocycles. The van der Waals surface area contributed by atoms with E-state index in [1.165, 1.54) is 0 Å². The first-order valence-electron chi connectivity index (χ1n) is 6.93. The van der Waals surface area contributed by atoms with Crippen molar-refractivity contribution in [3.63, 3.8) is 0 Å². The quantitative estimate of drug-likeness (QED) is 0.773. The van der Waals surface area contributed by atoms with Gasteiger partial charge < -0.3 is 5.32 Å². The molecule has 106 valence electrons. The predicted molar refractivity (Wildman–Crippen MR) is 81.6 cm³/mol. The lowest BCUT2D eigenvalue weighted by atomic mass is 10.1. The molecule has 0 aliphatic carbocycles. The second-order valence-electron chi connectivity index (χ2n) is 5.21. The molecule has 0 aliphatic rings. The number of carbonyl (C=O) groups excluding carboxylic acids is 1. The van der Waals surface area contributed by atoms with Gasteiger partial charge in [-0.2, -0.15) is 0 Å². The summed E-state index contributed by atoms with van der Waals surface area (Å²) in [6, 6.07) is 3.86. The highest BCUT2D eigenvalue weighted by atomic mass is 32.2. The van der Waals surface area contributed by atoms with Crippen molar-refractivity contribution in [1.29, 1.82) is 0 Å². The Hall–Kier alpha value is -1.03. The first-order valence-corrected chi connectivity index (χ1v) is 7.91. The average molecular weight is 280 g/mol. The van der Waals surface area contributed by atoms with E-state index in [0.717, 1.165) is 23.6 Å². The lowest BCUT2D eigenvalue weighted by molar-refractivity contribution is 0.0932. The Morgan fingerprint density at radius 2 is 2.16 bits per heavy atom. The van der Waals surface area contributed by atoms with Gasteiger partial charge in [-0.3, -0.25) is 4.79 Å². The van der Waals surface area contributed by atoms with Crippen molar-refractivity contribution in [2.24, 2.45) is 5.92 Å². The van der Waals surface area contributed by atoms with Crippen molar-refractivity contribution in [1.82, 2.24) is 10.3 Å². The first kappa shape index (κ1) is 16.0. The summed E-state index contributed by atoms with van der Waals surface area (Å²) < 4.78 is 0. The van der Waals surface area contributed by atoms with Crippen molar-refractivity contribution >= 4 is 17.7 Å². The summed E-state index contributed by atoms with van der Waals surface area (Å²) in [6.07, 6.45) is 3.81. The Kier molecular flexibility index (Phi) is 6.92. The molecule has 19 heavy (non-hydrogen) atoms. The van der Waals surface area contributed by atoms with E-state index in [1.54, 1.807) is 18.0 Å². The SMILES string of the molecule is CCCSc1ncccc1C(=O)NC(C)CC(C)C. The van der Waals surface area contributed by atoms with Gasteiger partial charge in [0.2, 0.25) is 0 Å². The van der Waals surface area contributed by atoms with E-state index in [4.69, 9.17) is 0 Å². The van der Waals surface area contributed by atoms with Crippen LogP contribution in [0.15, 0.2) is 23.4 Å². The smallest absolute Gasteiger partial charge is 0.254 e. The molecule has 1 heterocycles. The Morgan fingerprint density at radius 1 is 1.42 bits per heavy atom. The number of pyridine rings is 1. The summed E-state index contributed by atoms with van der Waals surface area (Å²) in [6.45, 7) is 8.50. The van der Waals surface area contributed by atoms with Crippen LogP contribution in [0.3, 0.4) is 0 Å². The van der Waals surface area contributed by atoms with Gasteiger partial charge in [-0.05, 0) is 43.6 Å². The minimum atomic E-state index is -0.0140. The zero-order valence-electron chi connectivity index (χ0n) is 12.3. The Labute approximate surface area is 120 Å². The standard InChI is InChI=1S/C15H24N2OS/c1-5-9-19-15-13(7-6-8-16-15)14(18)17-12(4)10-11(2)3/h6-8,11-12H,5,9-10H2,1-4H3,(H,17,18). The average Bonchev–Trinajstić information content (AvgIpc) is 2.35. The lowest BCUT2D eigenvalue weighted by Gasteiger charge is -2.16. The Bertz CT molecular complexity index is 407. The van der Waals surface area contributed by atoms with Gasteiger partial charge in [0, 0.05) is 12.2 Å². The van der Waals surface area contributed by atoms with Gasteiger partial charge in [-0.15, -0.1) is 11.8 Å². The predicted octanol–water partition coefficient (Wildman–Crippen LogP) is 3.75. The number of aromatic nitrogens is 1. The second-order valence-corrected chi connectivity index (χ2v) is 6.29. The molecule has 0 bridgehead atoms. The van der Waals surface area contributed by atoms with Gasteiger partial charge >= 0.3 is 0 Å². The van der Waals surface area contributed by atoms with Gasteiger partial charge in [-0.25, -0.2) is 4.98 Å². The Morgan fingerprint density at radius 3 is 2.79 bits per heavy atom.